The van der Waals surface area contributed by atoms with E-state index in [1.54, 1.807) is 11.3 Å². The lowest BCUT2D eigenvalue weighted by molar-refractivity contribution is -0.122. The molecule has 1 atom stereocenters. The summed E-state index contributed by atoms with van der Waals surface area (Å²) < 4.78 is 9.10. The number of amides is 1. The molecule has 8 nitrogen and oxygen atoms in total. The Morgan fingerprint density at radius 1 is 1.21 bits per heavy atom. The monoisotopic (exact) mass is 482 g/mol. The summed E-state index contributed by atoms with van der Waals surface area (Å²) in [5.74, 6) is 1.24. The number of fused-ring (bicyclic) bond motifs is 1. The Kier molecular flexibility index (Phi) is 6.48. The Morgan fingerprint density at radius 2 is 2.06 bits per heavy atom. The molecule has 2 aliphatic rings. The minimum Gasteiger partial charge on any atom is -0.382 e. The maximum atomic E-state index is 12.0. The summed E-state index contributed by atoms with van der Waals surface area (Å²) in [4.78, 5) is 18.0. The van der Waals surface area contributed by atoms with Crippen molar-refractivity contribution in [2.75, 3.05) is 30.3 Å². The first-order valence-electron chi connectivity index (χ1n) is 12.3. The van der Waals surface area contributed by atoms with E-state index in [0.29, 0.717) is 13.1 Å². The fourth-order valence-corrected chi connectivity index (χ4v) is 5.36. The van der Waals surface area contributed by atoms with E-state index in [1.165, 1.54) is 0 Å². The SMILES string of the molecule is CC(C)(C)Nc1cc(NCCNC(=O)C2CC2)c2sc(-c3ccnn3C3CCCCO3)cc2n1. The van der Waals surface area contributed by atoms with Crippen LogP contribution in [0.15, 0.2) is 24.4 Å². The molecule has 1 unspecified atom stereocenters. The fourth-order valence-electron chi connectivity index (χ4n) is 4.26. The van der Waals surface area contributed by atoms with Gasteiger partial charge in [-0.1, -0.05) is 0 Å². The summed E-state index contributed by atoms with van der Waals surface area (Å²) >= 11 is 1.71. The average Bonchev–Trinajstić information content (AvgIpc) is 3.38. The topological polar surface area (TPSA) is 93.1 Å². The van der Waals surface area contributed by atoms with E-state index in [-0.39, 0.29) is 23.6 Å². The highest BCUT2D eigenvalue weighted by atomic mass is 32.1. The minimum absolute atomic E-state index is 0.0114. The predicted molar refractivity (Wildman–Crippen MR) is 137 cm³/mol. The molecule has 0 radical (unpaired) electrons. The molecule has 34 heavy (non-hydrogen) atoms. The maximum absolute atomic E-state index is 12.0. The van der Waals surface area contributed by atoms with Crippen molar-refractivity contribution in [2.24, 2.45) is 5.92 Å². The Hall–Kier alpha value is -2.65. The third kappa shape index (κ3) is 5.36. The lowest BCUT2D eigenvalue weighted by atomic mass is 10.1. The van der Waals surface area contributed by atoms with Crippen molar-refractivity contribution in [3.05, 3.63) is 24.4 Å². The molecule has 3 N–H and O–H groups in total. The van der Waals surface area contributed by atoms with Crippen molar-refractivity contribution in [1.82, 2.24) is 20.1 Å². The van der Waals surface area contributed by atoms with Crippen LogP contribution in [-0.4, -0.2) is 45.9 Å². The molecule has 1 saturated carbocycles. The third-order valence-corrected chi connectivity index (χ3v) is 7.20. The number of aromatic nitrogens is 3. The van der Waals surface area contributed by atoms with Crippen molar-refractivity contribution in [1.29, 1.82) is 0 Å². The van der Waals surface area contributed by atoms with E-state index in [2.05, 4.69) is 60.0 Å². The number of pyridine rings is 1. The number of nitrogens with one attached hydrogen (secondary N) is 3. The van der Waals surface area contributed by atoms with Gasteiger partial charge in [-0.25, -0.2) is 9.67 Å². The number of carbonyl (C=O) groups is 1. The molecular formula is C25H34N6O2S. The lowest BCUT2D eigenvalue weighted by Gasteiger charge is -2.24. The van der Waals surface area contributed by atoms with Gasteiger partial charge in [0, 0.05) is 43.4 Å². The van der Waals surface area contributed by atoms with Crippen LogP contribution in [0.4, 0.5) is 11.5 Å². The zero-order valence-corrected chi connectivity index (χ0v) is 21.0. The van der Waals surface area contributed by atoms with Crippen LogP contribution in [0.3, 0.4) is 0 Å². The molecule has 9 heteroatoms. The quantitative estimate of drug-likeness (QED) is 0.391. The first kappa shape index (κ1) is 23.1. The summed E-state index contributed by atoms with van der Waals surface area (Å²) in [5, 5.41) is 14.6. The smallest absolute Gasteiger partial charge is 0.223 e. The van der Waals surface area contributed by atoms with Gasteiger partial charge < -0.3 is 20.7 Å². The van der Waals surface area contributed by atoms with E-state index in [0.717, 1.165) is 71.0 Å². The summed E-state index contributed by atoms with van der Waals surface area (Å²) in [5.41, 5.74) is 2.92. The number of ether oxygens (including phenoxy) is 1. The van der Waals surface area contributed by atoms with Gasteiger partial charge in [0.2, 0.25) is 5.91 Å². The number of hydrogen-bond donors (Lipinski definition) is 3. The van der Waals surface area contributed by atoms with Crippen LogP contribution in [0, 0.1) is 5.92 Å². The first-order valence-corrected chi connectivity index (χ1v) is 13.1. The Morgan fingerprint density at radius 3 is 2.79 bits per heavy atom. The number of nitrogens with zero attached hydrogens (tertiary/aromatic N) is 3. The second-order valence-electron chi connectivity index (χ2n) is 10.2. The molecule has 1 amide bonds. The first-order chi connectivity index (χ1) is 16.4. The van der Waals surface area contributed by atoms with Crippen LogP contribution in [0.5, 0.6) is 0 Å². The van der Waals surface area contributed by atoms with Gasteiger partial charge in [0.1, 0.15) is 5.82 Å². The summed E-state index contributed by atoms with van der Waals surface area (Å²) in [6, 6.07) is 6.26. The van der Waals surface area contributed by atoms with E-state index >= 15 is 0 Å². The van der Waals surface area contributed by atoms with E-state index in [9.17, 15) is 4.79 Å². The molecule has 1 aliphatic carbocycles. The van der Waals surface area contributed by atoms with Crippen molar-refractivity contribution >= 4 is 39.0 Å². The van der Waals surface area contributed by atoms with Gasteiger partial charge in [-0.3, -0.25) is 4.79 Å². The zero-order valence-electron chi connectivity index (χ0n) is 20.2. The third-order valence-electron chi connectivity index (χ3n) is 6.02. The summed E-state index contributed by atoms with van der Waals surface area (Å²) in [7, 11) is 0. The molecule has 182 valence electrons. The molecule has 4 heterocycles. The largest absolute Gasteiger partial charge is 0.382 e. The summed E-state index contributed by atoms with van der Waals surface area (Å²) in [6.45, 7) is 8.42. The van der Waals surface area contributed by atoms with Crippen LogP contribution < -0.4 is 16.0 Å². The highest BCUT2D eigenvalue weighted by molar-refractivity contribution is 7.22. The van der Waals surface area contributed by atoms with Gasteiger partial charge in [-0.05, 0) is 65.0 Å². The minimum atomic E-state index is -0.105. The number of hydrogen-bond acceptors (Lipinski definition) is 7. The van der Waals surface area contributed by atoms with Crippen molar-refractivity contribution in [2.45, 2.75) is 64.6 Å². The lowest BCUT2D eigenvalue weighted by Crippen LogP contribution is -2.30. The van der Waals surface area contributed by atoms with Gasteiger partial charge in [0.05, 0.1) is 26.5 Å². The summed E-state index contributed by atoms with van der Waals surface area (Å²) in [6.07, 6.45) is 7.13. The van der Waals surface area contributed by atoms with Gasteiger partial charge in [0.15, 0.2) is 6.23 Å². The van der Waals surface area contributed by atoms with Gasteiger partial charge in [0.25, 0.3) is 0 Å². The number of rotatable bonds is 8. The van der Waals surface area contributed by atoms with Crippen LogP contribution in [0.25, 0.3) is 20.8 Å². The maximum Gasteiger partial charge on any atom is 0.223 e. The number of anilines is 2. The van der Waals surface area contributed by atoms with Crippen LogP contribution in [0.2, 0.25) is 0 Å². The van der Waals surface area contributed by atoms with Gasteiger partial charge >= 0.3 is 0 Å². The molecule has 0 bridgehead atoms. The van der Waals surface area contributed by atoms with E-state index in [1.807, 2.05) is 10.9 Å². The predicted octanol–water partition coefficient (Wildman–Crippen LogP) is 5.01. The normalized spacial score (nSPS) is 18.7. The fraction of sp³-hybridized carbons (Fsp3) is 0.560. The highest BCUT2D eigenvalue weighted by Gasteiger charge is 2.29. The standard InChI is InChI=1S/C25H34N6O2S/c1-25(2,3)30-21-15-17(26-11-12-27-24(32)16-7-8-16)23-18(29-21)14-20(34-23)19-9-10-28-31(19)22-6-4-5-13-33-22/h9-10,14-16,22H,4-8,11-13H2,1-3H3,(H,27,32)(H2,26,29,30). The van der Waals surface area contributed by atoms with Crippen LogP contribution in [-0.2, 0) is 9.53 Å². The highest BCUT2D eigenvalue weighted by Crippen LogP contribution is 2.39. The van der Waals surface area contributed by atoms with Crippen LogP contribution in [0.1, 0.15) is 59.1 Å². The number of carbonyl (C=O) groups excluding carboxylic acids is 1. The molecule has 0 spiro atoms. The Balaban J connectivity index is 1.42. The molecule has 3 aromatic heterocycles. The van der Waals surface area contributed by atoms with Crippen molar-refractivity contribution < 1.29 is 9.53 Å². The van der Waals surface area contributed by atoms with E-state index in [4.69, 9.17) is 9.72 Å². The molecule has 1 aliphatic heterocycles. The second-order valence-corrected chi connectivity index (χ2v) is 11.3. The Bertz CT molecular complexity index is 1150. The second kappa shape index (κ2) is 9.54. The van der Waals surface area contributed by atoms with Crippen LogP contribution >= 0.6 is 11.3 Å². The Labute approximate surface area is 204 Å². The average molecular weight is 483 g/mol. The molecule has 5 rings (SSSR count). The molecule has 3 aromatic rings. The van der Waals surface area contributed by atoms with Gasteiger partial charge in [-0.15, -0.1) is 11.3 Å². The molecule has 0 aromatic carbocycles. The van der Waals surface area contributed by atoms with Gasteiger partial charge in [-0.2, -0.15) is 5.10 Å². The molecule has 2 fully saturated rings. The number of thiophene rings is 1. The van der Waals surface area contributed by atoms with E-state index < -0.39 is 0 Å². The molecule has 1 saturated heterocycles. The van der Waals surface area contributed by atoms with Crippen molar-refractivity contribution in [3.63, 3.8) is 0 Å². The zero-order chi connectivity index (χ0) is 23.7. The van der Waals surface area contributed by atoms with Crippen molar-refractivity contribution in [3.8, 4) is 10.6 Å². The molecular weight excluding hydrogens is 448 g/mol.